The number of unbranched alkanes of at least 4 members (excludes halogenated alkanes) is 18. The van der Waals surface area contributed by atoms with E-state index < -0.39 is 57.8 Å². The minimum Gasteiger partial charge on any atom is -0.462 e. The molecule has 0 aromatic rings. The van der Waals surface area contributed by atoms with Crippen molar-refractivity contribution in [2.75, 3.05) is 26.4 Å². The van der Waals surface area contributed by atoms with Crippen LogP contribution in [-0.4, -0.2) is 66.5 Å². The van der Waals surface area contributed by atoms with Crippen molar-refractivity contribution in [3.05, 3.63) is 122 Å². The van der Waals surface area contributed by atoms with Crippen molar-refractivity contribution >= 4 is 25.7 Å². The summed E-state index contributed by atoms with van der Waals surface area (Å²) < 4.78 is 39.6. The number of rotatable bonds is 55. The number of hydrogen-bond donors (Lipinski definition) is 2. The van der Waals surface area contributed by atoms with Crippen LogP contribution < -0.4 is 0 Å². The number of esters is 3. The molecular formula is C66H109O11P. The van der Waals surface area contributed by atoms with Gasteiger partial charge in [-0.2, -0.15) is 0 Å². The second-order valence-corrected chi connectivity index (χ2v) is 21.2. The first-order valence-corrected chi connectivity index (χ1v) is 31.9. The summed E-state index contributed by atoms with van der Waals surface area (Å²) in [5.74, 6) is -1.54. The summed E-state index contributed by atoms with van der Waals surface area (Å²) in [4.78, 5) is 48.7. The van der Waals surface area contributed by atoms with E-state index in [9.17, 15) is 28.9 Å². The molecule has 78 heavy (non-hydrogen) atoms. The molecule has 0 bridgehead atoms. The average Bonchev–Trinajstić information content (AvgIpc) is 3.43. The molecule has 0 spiro atoms. The van der Waals surface area contributed by atoms with Gasteiger partial charge in [0, 0.05) is 19.3 Å². The fourth-order valence-corrected chi connectivity index (χ4v) is 8.56. The molecule has 0 saturated heterocycles. The van der Waals surface area contributed by atoms with Gasteiger partial charge in [0.05, 0.1) is 19.8 Å². The van der Waals surface area contributed by atoms with Crippen LogP contribution in [0.2, 0.25) is 0 Å². The fourth-order valence-electron chi connectivity index (χ4n) is 7.78. The van der Waals surface area contributed by atoms with Gasteiger partial charge in [-0.25, -0.2) is 4.57 Å². The lowest BCUT2D eigenvalue weighted by Crippen LogP contribution is -2.30. The summed E-state index contributed by atoms with van der Waals surface area (Å²) in [5.41, 5.74) is 0. The Morgan fingerprint density at radius 3 is 1.03 bits per heavy atom. The summed E-state index contributed by atoms with van der Waals surface area (Å²) in [6.07, 6.45) is 72.9. The molecule has 3 atom stereocenters. The van der Waals surface area contributed by atoms with E-state index >= 15 is 0 Å². The first kappa shape index (κ1) is 73.9. The molecule has 0 aliphatic carbocycles. The van der Waals surface area contributed by atoms with Crippen LogP contribution >= 0.6 is 7.82 Å². The molecule has 2 N–H and O–H groups in total. The van der Waals surface area contributed by atoms with E-state index in [1.807, 2.05) is 0 Å². The highest BCUT2D eigenvalue weighted by molar-refractivity contribution is 7.47. The van der Waals surface area contributed by atoms with Crippen LogP contribution in [0, 0.1) is 0 Å². The van der Waals surface area contributed by atoms with Crippen molar-refractivity contribution in [1.29, 1.82) is 0 Å². The molecule has 0 aliphatic rings. The van der Waals surface area contributed by atoms with Crippen molar-refractivity contribution in [1.82, 2.24) is 0 Å². The minimum atomic E-state index is -4.77. The van der Waals surface area contributed by atoms with Gasteiger partial charge >= 0.3 is 25.7 Å². The van der Waals surface area contributed by atoms with Crippen LogP contribution in [0.4, 0.5) is 0 Å². The Balaban J connectivity index is 4.80. The van der Waals surface area contributed by atoms with E-state index in [0.717, 1.165) is 141 Å². The molecule has 444 valence electrons. The largest absolute Gasteiger partial charge is 0.472 e. The normalized spacial score (nSPS) is 14.2. The maximum Gasteiger partial charge on any atom is 0.472 e. The van der Waals surface area contributed by atoms with Crippen molar-refractivity contribution in [3.8, 4) is 0 Å². The maximum atomic E-state index is 12.9. The summed E-state index contributed by atoms with van der Waals surface area (Å²) in [5, 5.41) is 9.84. The monoisotopic (exact) mass is 1110 g/mol. The number of aliphatic hydroxyl groups is 1. The lowest BCUT2D eigenvalue weighted by atomic mass is 10.1. The quantitative estimate of drug-likeness (QED) is 0.0197. The number of hydrogen-bond acceptors (Lipinski definition) is 10. The Morgan fingerprint density at radius 2 is 0.667 bits per heavy atom. The van der Waals surface area contributed by atoms with Crippen LogP contribution in [0.1, 0.15) is 239 Å². The van der Waals surface area contributed by atoms with Gasteiger partial charge in [0.2, 0.25) is 0 Å². The van der Waals surface area contributed by atoms with E-state index in [-0.39, 0.29) is 25.9 Å². The van der Waals surface area contributed by atoms with Crippen LogP contribution in [0.15, 0.2) is 122 Å². The molecule has 11 nitrogen and oxygen atoms in total. The van der Waals surface area contributed by atoms with Crippen molar-refractivity contribution in [2.24, 2.45) is 0 Å². The van der Waals surface area contributed by atoms with E-state index in [0.29, 0.717) is 19.3 Å². The van der Waals surface area contributed by atoms with Gasteiger partial charge in [-0.15, -0.1) is 0 Å². The Labute approximate surface area is 475 Å². The van der Waals surface area contributed by atoms with Crippen molar-refractivity contribution in [3.63, 3.8) is 0 Å². The third-order valence-corrected chi connectivity index (χ3v) is 13.3. The highest BCUT2D eigenvalue weighted by atomic mass is 31.2. The summed E-state index contributed by atoms with van der Waals surface area (Å²) >= 11 is 0. The molecule has 0 aromatic carbocycles. The van der Waals surface area contributed by atoms with Crippen LogP contribution in [0.3, 0.4) is 0 Å². The number of aliphatic hydroxyl groups excluding tert-OH is 1. The number of carbonyl (C=O) groups is 3. The molecule has 0 rings (SSSR count). The Kier molecular flexibility index (Phi) is 55.9. The van der Waals surface area contributed by atoms with Gasteiger partial charge in [0.25, 0.3) is 0 Å². The lowest BCUT2D eigenvalue weighted by molar-refractivity contribution is -0.161. The van der Waals surface area contributed by atoms with Gasteiger partial charge < -0.3 is 24.2 Å². The molecule has 3 unspecified atom stereocenters. The first-order valence-electron chi connectivity index (χ1n) is 30.4. The molecule has 0 aromatic heterocycles. The molecule has 0 heterocycles. The zero-order chi connectivity index (χ0) is 56.9. The topological polar surface area (TPSA) is 155 Å². The number of ether oxygens (including phenoxy) is 3. The molecule has 0 radical (unpaired) electrons. The second-order valence-electron chi connectivity index (χ2n) is 19.7. The zero-order valence-corrected chi connectivity index (χ0v) is 50.0. The third kappa shape index (κ3) is 56.6. The van der Waals surface area contributed by atoms with Crippen molar-refractivity contribution < 1.29 is 52.2 Å². The first-order chi connectivity index (χ1) is 38.2. The molecule has 12 heteroatoms. The molecule has 0 fully saturated rings. The Morgan fingerprint density at radius 1 is 0.372 bits per heavy atom. The van der Waals surface area contributed by atoms with E-state index in [2.05, 4.69) is 142 Å². The summed E-state index contributed by atoms with van der Waals surface area (Å²) in [6.45, 7) is 4.33. The number of phosphoric ester groups is 1. The predicted octanol–water partition coefficient (Wildman–Crippen LogP) is 18.4. The Bertz CT molecular complexity index is 1770. The number of allylic oxidation sites excluding steroid dienone is 20. The molecular weight excluding hydrogens is 1000 g/mol. The van der Waals surface area contributed by atoms with E-state index in [4.69, 9.17) is 23.3 Å². The lowest BCUT2D eigenvalue weighted by Gasteiger charge is -2.21. The van der Waals surface area contributed by atoms with Crippen LogP contribution in [0.5, 0.6) is 0 Å². The standard InChI is InChI=1S/C66H109O11P/c1-4-7-10-13-16-19-22-25-28-31-34-37-40-43-46-49-52-55-64(68)73-59-63(77-66(70)57-54-51-48-45-42-39-36-33-30-27-24-21-18-15-12-9-6-3)61-75-78(71,72)74-60-62(58-67)76-65(69)56-53-50-47-44-41-38-35-32-29-26-23-20-17-14-11-8-5-2/h7,9-10,12,16-21,25-30,34,36-37,39,62-63,67H,4-6,8,11,13-15,22-24,31-33,35,38,40-61H2,1-3H3,(H,71,72)/b10-7-,12-9-,19-16-,20-17-,21-18-,28-25-,29-26-,30-27-,37-34-,39-36-. The van der Waals surface area contributed by atoms with Gasteiger partial charge in [0.1, 0.15) is 12.7 Å². The number of phosphoric acid groups is 1. The predicted molar refractivity (Wildman–Crippen MR) is 325 cm³/mol. The SMILES string of the molecule is CC/C=C\C/C=C\C/C=C\C/C=C\CCCCCCC(=O)OCC(COP(=O)(O)OCC(CO)OC(=O)CCCCCCCCC/C=C\C/C=C\CCCCC)OC(=O)CCCCCC/C=C\C/C=C\C/C=C\C/C=C\CC. The van der Waals surface area contributed by atoms with Crippen molar-refractivity contribution in [2.45, 2.75) is 251 Å². The smallest absolute Gasteiger partial charge is 0.462 e. The number of carbonyl (C=O) groups excluding carboxylic acids is 3. The molecule has 0 amide bonds. The average molecular weight is 1110 g/mol. The van der Waals surface area contributed by atoms with Gasteiger partial charge in [-0.3, -0.25) is 23.4 Å². The summed E-state index contributed by atoms with van der Waals surface area (Å²) in [6, 6.07) is 0. The zero-order valence-electron chi connectivity index (χ0n) is 49.1. The molecule has 0 saturated carbocycles. The van der Waals surface area contributed by atoms with Gasteiger partial charge in [-0.1, -0.05) is 213 Å². The van der Waals surface area contributed by atoms with Gasteiger partial charge in [-0.05, 0) is 128 Å². The minimum absolute atomic E-state index is 0.127. The summed E-state index contributed by atoms with van der Waals surface area (Å²) in [7, 11) is -4.77. The highest BCUT2D eigenvalue weighted by Gasteiger charge is 2.28. The van der Waals surface area contributed by atoms with E-state index in [1.165, 1.54) is 38.5 Å². The Hall–Kier alpha value is -4.12. The molecule has 0 aliphatic heterocycles. The van der Waals surface area contributed by atoms with E-state index in [1.54, 1.807) is 0 Å². The van der Waals surface area contributed by atoms with Crippen LogP contribution in [-0.2, 0) is 42.2 Å². The maximum absolute atomic E-state index is 12.9. The second kappa shape index (κ2) is 59.0. The fraction of sp³-hybridized carbons (Fsp3) is 0.652. The van der Waals surface area contributed by atoms with Crippen LogP contribution in [0.25, 0.3) is 0 Å². The van der Waals surface area contributed by atoms with Gasteiger partial charge in [0.15, 0.2) is 6.10 Å². The highest BCUT2D eigenvalue weighted by Crippen LogP contribution is 2.43. The third-order valence-electron chi connectivity index (χ3n) is 12.3.